The van der Waals surface area contributed by atoms with Crippen LogP contribution in [0.3, 0.4) is 0 Å². The fourth-order valence-corrected chi connectivity index (χ4v) is 4.23. The summed E-state index contributed by atoms with van der Waals surface area (Å²) in [5.41, 5.74) is 11.4. The number of carbonyl (C=O) groups excluding carboxylic acids is 2. The van der Waals surface area contributed by atoms with Crippen LogP contribution in [-0.4, -0.2) is 39.7 Å². The summed E-state index contributed by atoms with van der Waals surface area (Å²) >= 11 is 0. The SMILES string of the molecule is C=C(C)C(=O)NCCOC(=O)NCc1ccc(Cn2c(CC(C)C)nc3c(N)nc4ccccc4c32)cc1. The molecule has 2 aromatic carbocycles. The number of nitrogens with one attached hydrogen (secondary N) is 2. The summed E-state index contributed by atoms with van der Waals surface area (Å²) in [6.45, 7) is 10.8. The van der Waals surface area contributed by atoms with Gasteiger partial charge < -0.3 is 25.7 Å². The quantitative estimate of drug-likeness (QED) is 0.214. The van der Waals surface area contributed by atoms with Crippen LogP contribution in [0, 0.1) is 5.92 Å². The zero-order valence-corrected chi connectivity index (χ0v) is 22.1. The highest BCUT2D eigenvalue weighted by molar-refractivity contribution is 6.06. The van der Waals surface area contributed by atoms with Gasteiger partial charge in [0, 0.05) is 30.5 Å². The first-order chi connectivity index (χ1) is 18.2. The number of imidazole rings is 1. The van der Waals surface area contributed by atoms with E-state index in [1.807, 2.05) is 42.5 Å². The average molecular weight is 515 g/mol. The van der Waals surface area contributed by atoms with Crippen molar-refractivity contribution in [2.24, 2.45) is 5.92 Å². The minimum absolute atomic E-state index is 0.0794. The van der Waals surface area contributed by atoms with Crippen LogP contribution in [0.2, 0.25) is 0 Å². The van der Waals surface area contributed by atoms with Gasteiger partial charge in [-0.2, -0.15) is 0 Å². The van der Waals surface area contributed by atoms with Crippen molar-refractivity contribution in [3.63, 3.8) is 0 Å². The lowest BCUT2D eigenvalue weighted by Crippen LogP contribution is -2.31. The van der Waals surface area contributed by atoms with Crippen molar-refractivity contribution in [2.45, 2.75) is 40.3 Å². The summed E-state index contributed by atoms with van der Waals surface area (Å²) in [6.07, 6.45) is 0.281. The third kappa shape index (κ3) is 6.29. The van der Waals surface area contributed by atoms with Crippen molar-refractivity contribution in [3.8, 4) is 0 Å². The van der Waals surface area contributed by atoms with Gasteiger partial charge in [0.15, 0.2) is 5.82 Å². The fourth-order valence-electron chi connectivity index (χ4n) is 4.23. The molecule has 198 valence electrons. The Kier molecular flexibility index (Phi) is 8.25. The Morgan fingerprint density at radius 1 is 1.05 bits per heavy atom. The molecule has 0 spiro atoms. The fraction of sp³-hybridized carbons (Fsp3) is 0.310. The van der Waals surface area contributed by atoms with E-state index in [4.69, 9.17) is 15.5 Å². The topological polar surface area (TPSA) is 124 Å². The van der Waals surface area contributed by atoms with Gasteiger partial charge in [0.25, 0.3) is 0 Å². The van der Waals surface area contributed by atoms with Crippen molar-refractivity contribution < 1.29 is 14.3 Å². The Hall–Kier alpha value is -4.40. The van der Waals surface area contributed by atoms with Gasteiger partial charge in [-0.1, -0.05) is 62.9 Å². The number of hydrogen-bond donors (Lipinski definition) is 3. The molecule has 0 radical (unpaired) electrons. The molecular formula is C29H34N6O3. The Morgan fingerprint density at radius 2 is 1.76 bits per heavy atom. The number of anilines is 1. The van der Waals surface area contributed by atoms with Gasteiger partial charge in [-0.25, -0.2) is 14.8 Å². The predicted octanol–water partition coefficient (Wildman–Crippen LogP) is 4.33. The van der Waals surface area contributed by atoms with E-state index in [1.54, 1.807) is 6.92 Å². The molecule has 9 nitrogen and oxygen atoms in total. The maximum Gasteiger partial charge on any atom is 0.407 e. The number of nitrogen functional groups attached to an aromatic ring is 1. The van der Waals surface area contributed by atoms with Gasteiger partial charge >= 0.3 is 6.09 Å². The van der Waals surface area contributed by atoms with Gasteiger partial charge in [-0.05, 0) is 30.0 Å². The number of rotatable bonds is 10. The molecule has 2 heterocycles. The second-order valence-corrected chi connectivity index (χ2v) is 9.77. The molecule has 4 aromatic rings. The maximum absolute atomic E-state index is 12.0. The zero-order chi connectivity index (χ0) is 27.2. The molecule has 0 bridgehead atoms. The molecule has 0 aliphatic carbocycles. The van der Waals surface area contributed by atoms with Crippen LogP contribution in [0.1, 0.15) is 37.7 Å². The van der Waals surface area contributed by atoms with Crippen molar-refractivity contribution in [1.29, 1.82) is 0 Å². The number of alkyl carbamates (subject to hydrolysis) is 1. The van der Waals surface area contributed by atoms with Crippen LogP contribution in [-0.2, 0) is 29.0 Å². The number of nitrogens with zero attached hydrogens (tertiary/aromatic N) is 3. The van der Waals surface area contributed by atoms with E-state index in [-0.39, 0.29) is 19.1 Å². The molecule has 0 aliphatic rings. The Balaban J connectivity index is 1.45. The van der Waals surface area contributed by atoms with Crippen LogP contribution >= 0.6 is 0 Å². The highest BCUT2D eigenvalue weighted by Gasteiger charge is 2.18. The lowest BCUT2D eigenvalue weighted by atomic mass is 10.1. The molecule has 0 atom stereocenters. The number of carbonyl (C=O) groups is 2. The lowest BCUT2D eigenvalue weighted by Gasteiger charge is -2.13. The van der Waals surface area contributed by atoms with Crippen molar-refractivity contribution in [1.82, 2.24) is 25.2 Å². The highest BCUT2D eigenvalue weighted by Crippen LogP contribution is 2.30. The van der Waals surface area contributed by atoms with Crippen LogP contribution in [0.5, 0.6) is 0 Å². The number of para-hydroxylation sites is 1. The second kappa shape index (κ2) is 11.8. The summed E-state index contributed by atoms with van der Waals surface area (Å²) in [6, 6.07) is 16.1. The Morgan fingerprint density at radius 3 is 2.47 bits per heavy atom. The van der Waals surface area contributed by atoms with E-state index in [2.05, 4.69) is 46.7 Å². The van der Waals surface area contributed by atoms with Crippen molar-refractivity contribution in [3.05, 3.63) is 77.6 Å². The zero-order valence-electron chi connectivity index (χ0n) is 22.1. The van der Waals surface area contributed by atoms with Gasteiger partial charge in [-0.3, -0.25) is 4.79 Å². The van der Waals surface area contributed by atoms with E-state index in [0.29, 0.717) is 30.4 Å². The number of ether oxygens (including phenoxy) is 1. The number of aromatic nitrogens is 3. The summed E-state index contributed by atoms with van der Waals surface area (Å²) in [7, 11) is 0. The first-order valence-corrected chi connectivity index (χ1v) is 12.7. The number of pyridine rings is 1. The maximum atomic E-state index is 12.0. The Bertz CT molecular complexity index is 1470. The average Bonchev–Trinajstić information content (AvgIpc) is 3.24. The van der Waals surface area contributed by atoms with Gasteiger partial charge in [-0.15, -0.1) is 0 Å². The standard InChI is InChI=1S/C29H34N6O3/c1-18(2)15-24-34-25-26(22-7-5-6-8-23(22)33-27(25)30)35(24)17-21-11-9-20(10-12-21)16-32-29(37)38-14-13-31-28(36)19(3)4/h5-12,18H,3,13-17H2,1-2,4H3,(H2,30,33)(H,31,36)(H,32,37). The molecule has 2 amide bonds. The third-order valence-electron chi connectivity index (χ3n) is 6.09. The predicted molar refractivity (Wildman–Crippen MR) is 150 cm³/mol. The molecule has 0 unspecified atom stereocenters. The molecule has 0 aliphatic heterocycles. The molecule has 0 saturated heterocycles. The van der Waals surface area contributed by atoms with E-state index in [0.717, 1.165) is 45.3 Å². The summed E-state index contributed by atoms with van der Waals surface area (Å²) in [5.74, 6) is 1.59. The lowest BCUT2D eigenvalue weighted by molar-refractivity contribution is -0.117. The molecular weight excluding hydrogens is 480 g/mol. The van der Waals surface area contributed by atoms with Gasteiger partial charge in [0.05, 0.1) is 17.6 Å². The minimum Gasteiger partial charge on any atom is -0.448 e. The Labute approximate surface area is 222 Å². The van der Waals surface area contributed by atoms with Crippen LogP contribution in [0.25, 0.3) is 21.9 Å². The molecule has 4 rings (SSSR count). The van der Waals surface area contributed by atoms with Gasteiger partial charge in [0.2, 0.25) is 5.91 Å². The van der Waals surface area contributed by atoms with E-state index in [9.17, 15) is 9.59 Å². The molecule has 4 N–H and O–H groups in total. The summed E-state index contributed by atoms with van der Waals surface area (Å²) in [4.78, 5) is 32.9. The third-order valence-corrected chi connectivity index (χ3v) is 6.09. The van der Waals surface area contributed by atoms with Crippen LogP contribution in [0.15, 0.2) is 60.7 Å². The van der Waals surface area contributed by atoms with E-state index in [1.165, 1.54) is 0 Å². The first-order valence-electron chi connectivity index (χ1n) is 12.7. The molecule has 0 fully saturated rings. The van der Waals surface area contributed by atoms with E-state index < -0.39 is 6.09 Å². The number of benzene rings is 2. The smallest absolute Gasteiger partial charge is 0.407 e. The number of amides is 2. The second-order valence-electron chi connectivity index (χ2n) is 9.77. The first kappa shape index (κ1) is 26.7. The molecule has 9 heteroatoms. The molecule has 38 heavy (non-hydrogen) atoms. The van der Waals surface area contributed by atoms with Gasteiger partial charge in [0.1, 0.15) is 17.9 Å². The monoisotopic (exact) mass is 514 g/mol. The van der Waals surface area contributed by atoms with Crippen LogP contribution in [0.4, 0.5) is 10.6 Å². The molecule has 2 aromatic heterocycles. The number of fused-ring (bicyclic) bond motifs is 3. The summed E-state index contributed by atoms with van der Waals surface area (Å²) < 4.78 is 7.34. The highest BCUT2D eigenvalue weighted by atomic mass is 16.5. The van der Waals surface area contributed by atoms with Crippen LogP contribution < -0.4 is 16.4 Å². The summed E-state index contributed by atoms with van der Waals surface area (Å²) in [5, 5.41) is 6.37. The minimum atomic E-state index is -0.542. The largest absolute Gasteiger partial charge is 0.448 e. The normalized spacial score (nSPS) is 11.2. The number of nitrogens with two attached hydrogens (primary N) is 1. The molecule has 0 saturated carbocycles. The van der Waals surface area contributed by atoms with Crippen molar-refractivity contribution >= 4 is 39.8 Å². The van der Waals surface area contributed by atoms with E-state index >= 15 is 0 Å². The number of hydrogen-bond acceptors (Lipinski definition) is 6. The van der Waals surface area contributed by atoms with Crippen molar-refractivity contribution in [2.75, 3.05) is 18.9 Å².